The molecule has 0 aliphatic rings. The fourth-order valence-corrected chi connectivity index (χ4v) is 1.67. The van der Waals surface area contributed by atoms with Gasteiger partial charge in [0.2, 0.25) is 5.91 Å². The van der Waals surface area contributed by atoms with E-state index in [0.717, 1.165) is 6.26 Å². The molecule has 0 atom stereocenters. The second-order valence-corrected chi connectivity index (χ2v) is 5.94. The van der Waals surface area contributed by atoms with Gasteiger partial charge in [-0.05, 0) is 28.1 Å². The highest BCUT2D eigenvalue weighted by Crippen LogP contribution is 2.10. The van der Waals surface area contributed by atoms with Crippen LogP contribution in [-0.4, -0.2) is 31.3 Å². The molecule has 0 saturated carbocycles. The molecule has 0 unspecified atom stereocenters. The number of amides is 1. The first-order valence-electron chi connectivity index (χ1n) is 3.96. The van der Waals surface area contributed by atoms with Crippen LogP contribution in [0.15, 0.2) is 22.9 Å². The summed E-state index contributed by atoms with van der Waals surface area (Å²) in [7, 11) is -3.29. The maximum absolute atomic E-state index is 11.2. The van der Waals surface area contributed by atoms with Gasteiger partial charge in [-0.25, -0.2) is 13.4 Å². The van der Waals surface area contributed by atoms with Crippen molar-refractivity contribution in [1.29, 1.82) is 0 Å². The van der Waals surface area contributed by atoms with Crippen molar-refractivity contribution < 1.29 is 13.2 Å². The minimum atomic E-state index is -3.29. The fourth-order valence-electron chi connectivity index (χ4n) is 0.885. The van der Waals surface area contributed by atoms with E-state index in [-0.39, 0.29) is 0 Å². The molecular formula is C8H9BrN2O3S. The molecule has 0 aliphatic carbocycles. The Morgan fingerprint density at radius 1 is 1.53 bits per heavy atom. The molecule has 82 valence electrons. The van der Waals surface area contributed by atoms with Crippen molar-refractivity contribution in [3.63, 3.8) is 0 Å². The second-order valence-electron chi connectivity index (χ2n) is 2.99. The van der Waals surface area contributed by atoms with Gasteiger partial charge in [0.1, 0.15) is 10.4 Å². The third-order valence-electron chi connectivity index (χ3n) is 1.40. The topological polar surface area (TPSA) is 76.1 Å². The molecule has 7 heteroatoms. The minimum absolute atomic E-state index is 0.465. The van der Waals surface area contributed by atoms with Crippen LogP contribution < -0.4 is 5.32 Å². The normalized spacial score (nSPS) is 11.1. The monoisotopic (exact) mass is 292 g/mol. The van der Waals surface area contributed by atoms with Gasteiger partial charge in [0.15, 0.2) is 9.84 Å². The molecule has 0 fully saturated rings. The molecule has 0 aliphatic heterocycles. The molecule has 1 rings (SSSR count). The Bertz CT molecular complexity index is 455. The summed E-state index contributed by atoms with van der Waals surface area (Å²) in [6.45, 7) is 0. The smallest absolute Gasteiger partial charge is 0.239 e. The Morgan fingerprint density at radius 3 is 2.67 bits per heavy atom. The molecule has 0 spiro atoms. The molecule has 0 aromatic carbocycles. The van der Waals surface area contributed by atoms with Gasteiger partial charge in [-0.15, -0.1) is 0 Å². The Labute approximate surface area is 96.0 Å². The molecule has 1 aromatic heterocycles. The van der Waals surface area contributed by atoms with E-state index >= 15 is 0 Å². The average Bonchev–Trinajstić information content (AvgIpc) is 2.05. The minimum Gasteiger partial charge on any atom is -0.324 e. The Kier molecular flexibility index (Phi) is 3.81. The number of hydrogen-bond acceptors (Lipinski definition) is 4. The van der Waals surface area contributed by atoms with Crippen molar-refractivity contribution in [2.45, 2.75) is 0 Å². The highest BCUT2D eigenvalue weighted by atomic mass is 79.9. The summed E-state index contributed by atoms with van der Waals surface area (Å²) >= 11 is 3.14. The SMILES string of the molecule is CS(=O)(=O)CC(=O)Nc1ccc(Br)nc1. The van der Waals surface area contributed by atoms with Gasteiger partial charge in [0.25, 0.3) is 0 Å². The first-order valence-corrected chi connectivity index (χ1v) is 6.81. The van der Waals surface area contributed by atoms with E-state index in [9.17, 15) is 13.2 Å². The number of pyridine rings is 1. The van der Waals surface area contributed by atoms with Crippen molar-refractivity contribution in [3.8, 4) is 0 Å². The van der Waals surface area contributed by atoms with E-state index < -0.39 is 21.5 Å². The number of rotatable bonds is 3. The Morgan fingerprint density at radius 2 is 2.20 bits per heavy atom. The number of sulfone groups is 1. The van der Waals surface area contributed by atoms with Crippen molar-refractivity contribution in [3.05, 3.63) is 22.9 Å². The maximum atomic E-state index is 11.2. The summed E-state index contributed by atoms with van der Waals surface area (Å²) in [6, 6.07) is 3.27. The second kappa shape index (κ2) is 4.71. The molecule has 1 heterocycles. The molecule has 1 aromatic rings. The van der Waals surface area contributed by atoms with Crippen LogP contribution in [0.2, 0.25) is 0 Å². The highest BCUT2D eigenvalue weighted by molar-refractivity contribution is 9.10. The lowest BCUT2D eigenvalue weighted by atomic mass is 10.4. The van der Waals surface area contributed by atoms with Crippen LogP contribution in [0.25, 0.3) is 0 Å². The van der Waals surface area contributed by atoms with Crippen molar-refractivity contribution in [2.24, 2.45) is 0 Å². The summed E-state index contributed by atoms with van der Waals surface area (Å²) < 4.78 is 22.2. The van der Waals surface area contributed by atoms with E-state index in [1.807, 2.05) is 0 Å². The lowest BCUT2D eigenvalue weighted by Gasteiger charge is -2.03. The van der Waals surface area contributed by atoms with Crippen LogP contribution in [0.5, 0.6) is 0 Å². The molecule has 1 amide bonds. The third kappa shape index (κ3) is 4.89. The van der Waals surface area contributed by atoms with Crippen LogP contribution in [0.3, 0.4) is 0 Å². The number of carbonyl (C=O) groups excluding carboxylic acids is 1. The van der Waals surface area contributed by atoms with Gasteiger partial charge >= 0.3 is 0 Å². The number of aromatic nitrogens is 1. The van der Waals surface area contributed by atoms with Crippen LogP contribution in [0, 0.1) is 0 Å². The number of halogens is 1. The van der Waals surface area contributed by atoms with Crippen molar-refractivity contribution >= 4 is 37.4 Å². The van der Waals surface area contributed by atoms with Gasteiger partial charge in [0.05, 0.1) is 11.9 Å². The number of nitrogens with zero attached hydrogens (tertiary/aromatic N) is 1. The first kappa shape index (κ1) is 12.1. The molecule has 15 heavy (non-hydrogen) atoms. The van der Waals surface area contributed by atoms with Gasteiger partial charge in [-0.2, -0.15) is 0 Å². The van der Waals surface area contributed by atoms with Gasteiger partial charge < -0.3 is 5.32 Å². The van der Waals surface area contributed by atoms with E-state index in [2.05, 4.69) is 26.2 Å². The summed E-state index contributed by atoms with van der Waals surface area (Å²) in [5.41, 5.74) is 0.465. The maximum Gasteiger partial charge on any atom is 0.239 e. The summed E-state index contributed by atoms with van der Waals surface area (Å²) in [6.07, 6.45) is 2.44. The van der Waals surface area contributed by atoms with E-state index in [0.29, 0.717) is 10.3 Å². The lowest BCUT2D eigenvalue weighted by Crippen LogP contribution is -2.21. The summed E-state index contributed by atoms with van der Waals surface area (Å²) in [5.74, 6) is -1.09. The zero-order valence-electron chi connectivity index (χ0n) is 7.90. The summed E-state index contributed by atoms with van der Waals surface area (Å²) in [5, 5.41) is 2.42. The molecule has 5 nitrogen and oxygen atoms in total. The zero-order chi connectivity index (χ0) is 11.5. The van der Waals surface area contributed by atoms with Crippen LogP contribution in [0.4, 0.5) is 5.69 Å². The van der Waals surface area contributed by atoms with E-state index in [1.165, 1.54) is 6.20 Å². The summed E-state index contributed by atoms with van der Waals surface area (Å²) in [4.78, 5) is 15.1. The van der Waals surface area contributed by atoms with E-state index in [1.54, 1.807) is 12.1 Å². The zero-order valence-corrected chi connectivity index (χ0v) is 10.3. The third-order valence-corrected chi connectivity index (χ3v) is 2.66. The highest BCUT2D eigenvalue weighted by Gasteiger charge is 2.10. The average molecular weight is 293 g/mol. The van der Waals surface area contributed by atoms with Crippen molar-refractivity contribution in [1.82, 2.24) is 4.98 Å². The molecular weight excluding hydrogens is 284 g/mol. The number of nitrogens with one attached hydrogen (secondary N) is 1. The van der Waals surface area contributed by atoms with Gasteiger partial charge in [0, 0.05) is 6.26 Å². The fraction of sp³-hybridized carbons (Fsp3) is 0.250. The number of hydrogen-bond donors (Lipinski definition) is 1. The number of carbonyl (C=O) groups is 1. The lowest BCUT2D eigenvalue weighted by molar-refractivity contribution is -0.113. The molecule has 0 saturated heterocycles. The molecule has 0 radical (unpaired) electrons. The Hall–Kier alpha value is -0.950. The van der Waals surface area contributed by atoms with Gasteiger partial charge in [-0.3, -0.25) is 4.79 Å². The van der Waals surface area contributed by atoms with Crippen LogP contribution in [-0.2, 0) is 14.6 Å². The molecule has 1 N–H and O–H groups in total. The predicted molar refractivity (Wildman–Crippen MR) is 60.3 cm³/mol. The largest absolute Gasteiger partial charge is 0.324 e. The molecule has 0 bridgehead atoms. The van der Waals surface area contributed by atoms with Crippen LogP contribution >= 0.6 is 15.9 Å². The van der Waals surface area contributed by atoms with Crippen molar-refractivity contribution in [2.75, 3.05) is 17.3 Å². The standard InChI is InChI=1S/C8H9BrN2O3S/c1-15(13,14)5-8(12)11-6-2-3-7(9)10-4-6/h2-4H,5H2,1H3,(H,11,12). The van der Waals surface area contributed by atoms with Gasteiger partial charge in [-0.1, -0.05) is 0 Å². The van der Waals surface area contributed by atoms with Crippen LogP contribution in [0.1, 0.15) is 0 Å². The number of anilines is 1. The first-order chi connectivity index (χ1) is 6.87. The van der Waals surface area contributed by atoms with E-state index in [4.69, 9.17) is 0 Å². The predicted octanol–water partition coefficient (Wildman–Crippen LogP) is 0.827. The Balaban J connectivity index is 2.63. The quantitative estimate of drug-likeness (QED) is 0.837.